The van der Waals surface area contributed by atoms with Crippen molar-refractivity contribution < 1.29 is 4.79 Å². The molecular weight excluding hydrogens is 364 g/mol. The van der Waals surface area contributed by atoms with E-state index in [1.807, 2.05) is 6.08 Å². The van der Waals surface area contributed by atoms with Crippen molar-refractivity contribution in [1.29, 1.82) is 0 Å². The molecule has 1 nitrogen and oxygen atoms in total. The number of ketones is 1. The molecule has 0 N–H and O–H groups in total. The van der Waals surface area contributed by atoms with Crippen molar-refractivity contribution in [2.45, 2.75) is 92.4 Å². The maximum Gasteiger partial charge on any atom is 0.155 e. The van der Waals surface area contributed by atoms with Crippen LogP contribution in [0.25, 0.3) is 0 Å². The van der Waals surface area contributed by atoms with Crippen LogP contribution in [0, 0.1) is 46.3 Å². The van der Waals surface area contributed by atoms with Gasteiger partial charge in [0.2, 0.25) is 0 Å². The van der Waals surface area contributed by atoms with E-state index in [0.717, 1.165) is 37.0 Å². The molecule has 0 aliphatic heterocycles. The average Bonchev–Trinajstić information content (AvgIpc) is 3.06. The normalized spacial score (nSPS) is 41.9. The number of allylic oxidation sites excluding steroid dienone is 4. The molecule has 0 bridgehead atoms. The minimum atomic E-state index is 0.290. The van der Waals surface area contributed by atoms with E-state index in [1.165, 1.54) is 49.7 Å². The molecule has 0 heterocycles. The lowest BCUT2D eigenvalue weighted by Crippen LogP contribution is -2.50. The predicted molar refractivity (Wildman–Crippen MR) is 127 cm³/mol. The Hall–Kier alpha value is -1.11. The van der Waals surface area contributed by atoms with Crippen LogP contribution in [0.15, 0.2) is 36.0 Å². The molecule has 0 spiro atoms. The summed E-state index contributed by atoms with van der Waals surface area (Å²) in [5.41, 5.74) is 3.59. The van der Waals surface area contributed by atoms with Gasteiger partial charge in [-0.05, 0) is 104 Å². The summed E-state index contributed by atoms with van der Waals surface area (Å²) in [6, 6.07) is 0. The van der Waals surface area contributed by atoms with Gasteiger partial charge in [0.05, 0.1) is 0 Å². The summed E-state index contributed by atoms with van der Waals surface area (Å²) in [5, 5.41) is 0. The minimum Gasteiger partial charge on any atom is -0.295 e. The quantitative estimate of drug-likeness (QED) is 0.422. The molecule has 3 saturated carbocycles. The van der Waals surface area contributed by atoms with Crippen LogP contribution in [0.4, 0.5) is 0 Å². The van der Waals surface area contributed by atoms with Crippen LogP contribution in [0.2, 0.25) is 0 Å². The van der Waals surface area contributed by atoms with Gasteiger partial charge in [0.15, 0.2) is 5.78 Å². The third-order valence-electron chi connectivity index (χ3n) is 10.3. The van der Waals surface area contributed by atoms with Gasteiger partial charge >= 0.3 is 0 Å². The fraction of sp³-hybridized carbons (Fsp3) is 0.759. The highest BCUT2D eigenvalue weighted by Gasteiger charge is 2.59. The van der Waals surface area contributed by atoms with Crippen LogP contribution < -0.4 is 0 Å². The fourth-order valence-electron chi connectivity index (χ4n) is 8.36. The van der Waals surface area contributed by atoms with E-state index < -0.39 is 0 Å². The Kier molecular flexibility index (Phi) is 5.97. The number of carbonyl (C=O) groups excluding carboxylic acids is 1. The number of hydrogen-bond acceptors (Lipinski definition) is 1. The second kappa shape index (κ2) is 8.10. The zero-order chi connectivity index (χ0) is 21.7. The van der Waals surface area contributed by atoms with Gasteiger partial charge in [-0.25, -0.2) is 0 Å². The van der Waals surface area contributed by atoms with Crippen molar-refractivity contribution in [1.82, 2.24) is 0 Å². The molecule has 1 heteroatoms. The van der Waals surface area contributed by atoms with E-state index in [1.54, 1.807) is 0 Å². The molecular formula is C29H44O. The molecule has 0 aromatic rings. The first-order valence-electron chi connectivity index (χ1n) is 12.8. The van der Waals surface area contributed by atoms with E-state index in [-0.39, 0.29) is 0 Å². The van der Waals surface area contributed by atoms with Gasteiger partial charge in [0.25, 0.3) is 0 Å². The standard InChI is InChI=1S/C29H44O/c1-7-21(19(2)3)9-8-20(4)25-12-13-26-24-11-10-22-18-23(30)14-16-28(22,5)27(24)15-17-29(25,26)6/h8-9,18-19,21,24-27H,4,7,10-17H2,1-3,5-6H3/t21-,24+,25-,26+,27+,28+,29-/m1/s1. The molecule has 0 saturated heterocycles. The third-order valence-corrected chi connectivity index (χ3v) is 10.3. The Morgan fingerprint density at radius 3 is 2.60 bits per heavy atom. The van der Waals surface area contributed by atoms with E-state index in [2.05, 4.69) is 53.3 Å². The monoisotopic (exact) mass is 408 g/mol. The molecule has 0 aromatic carbocycles. The summed E-state index contributed by atoms with van der Waals surface area (Å²) in [7, 11) is 0. The van der Waals surface area contributed by atoms with Crippen molar-refractivity contribution in [3.8, 4) is 0 Å². The predicted octanol–water partition coefficient (Wildman–Crippen LogP) is 7.93. The molecule has 0 radical (unpaired) electrons. The van der Waals surface area contributed by atoms with Gasteiger partial charge in [-0.15, -0.1) is 0 Å². The molecule has 7 atom stereocenters. The lowest BCUT2D eigenvalue weighted by atomic mass is 9.46. The van der Waals surface area contributed by atoms with E-state index in [4.69, 9.17) is 0 Å². The van der Waals surface area contributed by atoms with Crippen LogP contribution in [-0.4, -0.2) is 5.78 Å². The molecule has 4 aliphatic rings. The van der Waals surface area contributed by atoms with Crippen molar-refractivity contribution in [3.63, 3.8) is 0 Å². The summed E-state index contributed by atoms with van der Waals surface area (Å²) < 4.78 is 0. The van der Waals surface area contributed by atoms with E-state index in [9.17, 15) is 4.79 Å². The van der Waals surface area contributed by atoms with Gasteiger partial charge in [-0.1, -0.05) is 64.5 Å². The summed E-state index contributed by atoms with van der Waals surface area (Å²) in [6.07, 6.45) is 17.8. The molecule has 3 fully saturated rings. The molecule has 0 unspecified atom stereocenters. The van der Waals surface area contributed by atoms with Gasteiger partial charge in [0, 0.05) is 6.42 Å². The molecule has 4 rings (SSSR count). The lowest BCUT2D eigenvalue weighted by molar-refractivity contribution is -0.117. The maximum atomic E-state index is 12.1. The van der Waals surface area contributed by atoms with E-state index in [0.29, 0.717) is 34.4 Å². The molecule has 4 aliphatic carbocycles. The van der Waals surface area contributed by atoms with Gasteiger partial charge in [0.1, 0.15) is 0 Å². The highest BCUT2D eigenvalue weighted by molar-refractivity contribution is 5.91. The van der Waals surface area contributed by atoms with Gasteiger partial charge < -0.3 is 0 Å². The van der Waals surface area contributed by atoms with Crippen LogP contribution >= 0.6 is 0 Å². The van der Waals surface area contributed by atoms with Gasteiger partial charge in [-0.3, -0.25) is 4.79 Å². The average molecular weight is 409 g/mol. The zero-order valence-corrected chi connectivity index (χ0v) is 20.2. The minimum absolute atomic E-state index is 0.290. The second-order valence-electron chi connectivity index (χ2n) is 11.9. The molecule has 30 heavy (non-hydrogen) atoms. The SMILES string of the molecule is C=C(C=C[C@@H](CC)C(C)C)[C@H]1CC[C@H]2[C@@H]3CCC4=CC(=O)CC[C@]4(C)[C@H]3CC[C@]12C. The molecule has 166 valence electrons. The topological polar surface area (TPSA) is 17.1 Å². The summed E-state index contributed by atoms with van der Waals surface area (Å²) in [4.78, 5) is 12.1. The smallest absolute Gasteiger partial charge is 0.155 e. The number of hydrogen-bond donors (Lipinski definition) is 0. The van der Waals surface area contributed by atoms with Crippen LogP contribution in [0.1, 0.15) is 92.4 Å². The first-order valence-corrected chi connectivity index (χ1v) is 12.8. The number of rotatable bonds is 5. The van der Waals surface area contributed by atoms with Gasteiger partial charge in [-0.2, -0.15) is 0 Å². The summed E-state index contributed by atoms with van der Waals surface area (Å²) in [6.45, 7) is 16.7. The highest BCUT2D eigenvalue weighted by Crippen LogP contribution is 2.67. The van der Waals surface area contributed by atoms with Crippen LogP contribution in [0.5, 0.6) is 0 Å². The highest BCUT2D eigenvalue weighted by atomic mass is 16.1. The maximum absolute atomic E-state index is 12.1. The lowest BCUT2D eigenvalue weighted by Gasteiger charge is -2.58. The van der Waals surface area contributed by atoms with Crippen molar-refractivity contribution >= 4 is 5.78 Å². The summed E-state index contributed by atoms with van der Waals surface area (Å²) >= 11 is 0. The van der Waals surface area contributed by atoms with Crippen molar-refractivity contribution in [2.75, 3.05) is 0 Å². The Morgan fingerprint density at radius 1 is 1.13 bits per heavy atom. The van der Waals surface area contributed by atoms with Crippen molar-refractivity contribution in [3.05, 3.63) is 36.0 Å². The zero-order valence-electron chi connectivity index (χ0n) is 20.2. The van der Waals surface area contributed by atoms with Crippen LogP contribution in [-0.2, 0) is 4.79 Å². The Morgan fingerprint density at radius 2 is 1.90 bits per heavy atom. The fourth-order valence-corrected chi connectivity index (χ4v) is 8.36. The Balaban J connectivity index is 1.53. The Labute approximate surface area is 185 Å². The molecule has 0 amide bonds. The van der Waals surface area contributed by atoms with E-state index >= 15 is 0 Å². The third kappa shape index (κ3) is 3.49. The largest absolute Gasteiger partial charge is 0.295 e. The Bertz CT molecular complexity index is 754. The summed E-state index contributed by atoms with van der Waals surface area (Å²) in [5.74, 6) is 4.87. The molecule has 0 aromatic heterocycles. The second-order valence-corrected chi connectivity index (χ2v) is 11.9. The first-order chi connectivity index (χ1) is 14.2. The van der Waals surface area contributed by atoms with Crippen molar-refractivity contribution in [2.24, 2.45) is 46.3 Å². The number of carbonyl (C=O) groups is 1. The van der Waals surface area contributed by atoms with Crippen LogP contribution in [0.3, 0.4) is 0 Å². The first kappa shape index (κ1) is 22.1. The number of fused-ring (bicyclic) bond motifs is 5.